The third-order valence-corrected chi connectivity index (χ3v) is 5.27. The van der Waals surface area contributed by atoms with E-state index in [2.05, 4.69) is 5.32 Å². The highest BCUT2D eigenvalue weighted by molar-refractivity contribution is 6.01. The van der Waals surface area contributed by atoms with Crippen LogP contribution in [0.5, 0.6) is 0 Å². The lowest BCUT2D eigenvalue weighted by molar-refractivity contribution is -0.199. The molecular weight excluding hydrogens is 376 g/mol. The molecule has 8 nitrogen and oxygen atoms in total. The first-order valence-electron chi connectivity index (χ1n) is 10.1. The summed E-state index contributed by atoms with van der Waals surface area (Å²) in [5, 5.41) is 3.06. The van der Waals surface area contributed by atoms with Gasteiger partial charge in [-0.15, -0.1) is 5.06 Å². The van der Waals surface area contributed by atoms with Crippen LogP contribution in [0.4, 0.5) is 4.79 Å². The smallest absolute Gasteiger partial charge is 0.408 e. The minimum atomic E-state index is -0.984. The zero-order chi connectivity index (χ0) is 20.6. The molecule has 0 unspecified atom stereocenters. The van der Waals surface area contributed by atoms with E-state index in [0.717, 1.165) is 37.7 Å². The minimum Gasteiger partial charge on any atom is -0.445 e. The molecule has 0 aromatic heterocycles. The summed E-state index contributed by atoms with van der Waals surface area (Å²) in [6.07, 6.45) is 4.92. The summed E-state index contributed by atoms with van der Waals surface area (Å²) in [4.78, 5) is 53.4. The van der Waals surface area contributed by atoms with Gasteiger partial charge in [0.25, 0.3) is 11.8 Å². The van der Waals surface area contributed by atoms with Crippen molar-refractivity contribution in [2.24, 2.45) is 5.92 Å². The standard InChI is InChI=1S/C21H26N2O6/c24-18-11-12-19(25)23(18)29-20(26)17(13-15-7-3-1-4-8-15)22-21(27)28-14-16-9-5-2-6-10-16/h2,5-6,9-10,15,17H,1,3-4,7-8,11-14H2,(H,22,27)/t17-/m1/s1. The molecule has 1 aliphatic carbocycles. The van der Waals surface area contributed by atoms with Crippen LogP contribution in [-0.4, -0.2) is 35.0 Å². The Hall–Kier alpha value is -2.90. The summed E-state index contributed by atoms with van der Waals surface area (Å²) in [6.45, 7) is 0.0704. The topological polar surface area (TPSA) is 102 Å². The highest BCUT2D eigenvalue weighted by Gasteiger charge is 2.36. The van der Waals surface area contributed by atoms with Gasteiger partial charge in [0.05, 0.1) is 0 Å². The number of amides is 3. The predicted molar refractivity (Wildman–Crippen MR) is 102 cm³/mol. The van der Waals surface area contributed by atoms with Gasteiger partial charge in [-0.05, 0) is 17.9 Å². The summed E-state index contributed by atoms with van der Waals surface area (Å²) < 4.78 is 5.20. The second-order valence-corrected chi connectivity index (χ2v) is 7.49. The lowest BCUT2D eigenvalue weighted by Gasteiger charge is -2.26. The molecule has 0 radical (unpaired) electrons. The highest BCUT2D eigenvalue weighted by Crippen LogP contribution is 2.28. The summed E-state index contributed by atoms with van der Waals surface area (Å²) in [7, 11) is 0. The van der Waals surface area contributed by atoms with Gasteiger partial charge in [-0.1, -0.05) is 62.4 Å². The average molecular weight is 402 g/mol. The lowest BCUT2D eigenvalue weighted by Crippen LogP contribution is -2.46. The Morgan fingerprint density at radius 2 is 1.69 bits per heavy atom. The lowest BCUT2D eigenvalue weighted by atomic mass is 9.85. The SMILES string of the molecule is O=C(N[C@H](CC1CCCCC1)C(=O)ON1C(=O)CCC1=O)OCc1ccccc1. The Balaban J connectivity index is 1.60. The van der Waals surface area contributed by atoms with Gasteiger partial charge in [-0.2, -0.15) is 0 Å². The third kappa shape index (κ3) is 6.04. The molecule has 1 aliphatic heterocycles. The number of hydroxylamine groups is 2. The van der Waals surface area contributed by atoms with Crippen molar-refractivity contribution in [1.82, 2.24) is 10.4 Å². The second-order valence-electron chi connectivity index (χ2n) is 7.49. The zero-order valence-electron chi connectivity index (χ0n) is 16.3. The Bertz CT molecular complexity index is 729. The molecule has 2 fully saturated rings. The van der Waals surface area contributed by atoms with Crippen LogP contribution in [-0.2, 0) is 30.6 Å². The molecule has 1 saturated carbocycles. The average Bonchev–Trinajstić information content (AvgIpc) is 3.05. The summed E-state index contributed by atoms with van der Waals surface area (Å²) >= 11 is 0. The van der Waals surface area contributed by atoms with Crippen molar-refractivity contribution < 1.29 is 28.8 Å². The molecule has 1 aromatic rings. The van der Waals surface area contributed by atoms with Crippen molar-refractivity contribution in [3.63, 3.8) is 0 Å². The van der Waals surface area contributed by atoms with Crippen LogP contribution in [0.1, 0.15) is 56.9 Å². The Morgan fingerprint density at radius 1 is 1.03 bits per heavy atom. The van der Waals surface area contributed by atoms with E-state index in [1.165, 1.54) is 0 Å². The van der Waals surface area contributed by atoms with Gasteiger partial charge in [0, 0.05) is 12.8 Å². The number of imide groups is 1. The molecule has 3 amide bonds. The van der Waals surface area contributed by atoms with E-state index in [4.69, 9.17) is 9.57 Å². The third-order valence-electron chi connectivity index (χ3n) is 5.27. The van der Waals surface area contributed by atoms with Crippen LogP contribution in [0.25, 0.3) is 0 Å². The molecule has 29 heavy (non-hydrogen) atoms. The van der Waals surface area contributed by atoms with Gasteiger partial charge in [-0.25, -0.2) is 9.59 Å². The fraction of sp³-hybridized carbons (Fsp3) is 0.524. The zero-order valence-corrected chi connectivity index (χ0v) is 16.3. The Morgan fingerprint density at radius 3 is 2.34 bits per heavy atom. The van der Waals surface area contributed by atoms with Crippen LogP contribution in [0, 0.1) is 5.92 Å². The van der Waals surface area contributed by atoms with Crippen LogP contribution >= 0.6 is 0 Å². The molecule has 0 spiro atoms. The predicted octanol–water partition coefficient (Wildman–Crippen LogP) is 2.86. The molecule has 8 heteroatoms. The summed E-state index contributed by atoms with van der Waals surface area (Å²) in [5.74, 6) is -1.66. The van der Waals surface area contributed by atoms with Crippen molar-refractivity contribution in [3.8, 4) is 0 Å². The number of nitrogens with one attached hydrogen (secondary N) is 1. The number of hydrogen-bond donors (Lipinski definition) is 1. The van der Waals surface area contributed by atoms with Gasteiger partial charge in [0.1, 0.15) is 12.6 Å². The molecule has 2 aliphatic rings. The number of benzene rings is 1. The molecule has 3 rings (SSSR count). The number of carbonyl (C=O) groups excluding carboxylic acids is 4. The van der Waals surface area contributed by atoms with Gasteiger partial charge in [0.15, 0.2) is 0 Å². The van der Waals surface area contributed by atoms with Crippen molar-refractivity contribution in [3.05, 3.63) is 35.9 Å². The van der Waals surface area contributed by atoms with Crippen LogP contribution in [0.3, 0.4) is 0 Å². The normalized spacial score (nSPS) is 18.4. The molecule has 1 N–H and O–H groups in total. The maximum Gasteiger partial charge on any atom is 0.408 e. The molecule has 0 bridgehead atoms. The number of hydrogen-bond acceptors (Lipinski definition) is 6. The molecular formula is C21H26N2O6. The van der Waals surface area contributed by atoms with Crippen molar-refractivity contribution in [2.45, 2.75) is 64.0 Å². The number of rotatable bonds is 7. The van der Waals surface area contributed by atoms with E-state index in [1.54, 1.807) is 0 Å². The number of nitrogens with zero attached hydrogens (tertiary/aromatic N) is 1. The van der Waals surface area contributed by atoms with Crippen LogP contribution < -0.4 is 5.32 Å². The fourth-order valence-electron chi connectivity index (χ4n) is 3.69. The van der Waals surface area contributed by atoms with Crippen molar-refractivity contribution in [2.75, 3.05) is 0 Å². The van der Waals surface area contributed by atoms with Gasteiger partial charge < -0.3 is 14.9 Å². The first-order valence-corrected chi connectivity index (χ1v) is 10.1. The van der Waals surface area contributed by atoms with E-state index in [9.17, 15) is 19.2 Å². The molecule has 1 saturated heterocycles. The fourth-order valence-corrected chi connectivity index (χ4v) is 3.69. The van der Waals surface area contributed by atoms with Crippen molar-refractivity contribution >= 4 is 23.9 Å². The quantitative estimate of drug-likeness (QED) is 0.704. The van der Waals surface area contributed by atoms with Crippen LogP contribution in [0.15, 0.2) is 30.3 Å². The van der Waals surface area contributed by atoms with E-state index in [-0.39, 0.29) is 25.4 Å². The van der Waals surface area contributed by atoms with Gasteiger partial charge >= 0.3 is 12.1 Å². The minimum absolute atomic E-state index is 0.0198. The summed E-state index contributed by atoms with van der Waals surface area (Å²) in [6, 6.07) is 8.20. The van der Waals surface area contributed by atoms with Gasteiger partial charge in [-0.3, -0.25) is 9.59 Å². The monoisotopic (exact) mass is 402 g/mol. The van der Waals surface area contributed by atoms with Crippen LogP contribution in [0.2, 0.25) is 0 Å². The first-order chi connectivity index (χ1) is 14.0. The second kappa shape index (κ2) is 10.0. The van der Waals surface area contributed by atoms with E-state index in [0.29, 0.717) is 11.5 Å². The number of alkyl carbamates (subject to hydrolysis) is 1. The van der Waals surface area contributed by atoms with E-state index in [1.807, 2.05) is 30.3 Å². The molecule has 1 heterocycles. The molecule has 1 atom stereocenters. The maximum absolute atomic E-state index is 12.6. The van der Waals surface area contributed by atoms with E-state index < -0.39 is 29.9 Å². The van der Waals surface area contributed by atoms with Gasteiger partial charge in [0.2, 0.25) is 0 Å². The largest absolute Gasteiger partial charge is 0.445 e. The summed E-state index contributed by atoms with van der Waals surface area (Å²) in [5.41, 5.74) is 0.822. The Labute approximate surface area is 169 Å². The first kappa shape index (κ1) is 20.8. The Kier molecular flexibility index (Phi) is 7.21. The number of ether oxygens (including phenoxy) is 1. The molecule has 1 aromatic carbocycles. The highest BCUT2D eigenvalue weighted by atomic mass is 16.7. The number of carbonyl (C=O) groups is 4. The molecule has 156 valence electrons. The van der Waals surface area contributed by atoms with Crippen molar-refractivity contribution in [1.29, 1.82) is 0 Å². The van der Waals surface area contributed by atoms with E-state index >= 15 is 0 Å². The maximum atomic E-state index is 12.6.